The number of rotatable bonds is 6. The van der Waals surface area contributed by atoms with Gasteiger partial charge in [-0.15, -0.1) is 0 Å². The second kappa shape index (κ2) is 7.74. The molecule has 6 nitrogen and oxygen atoms in total. The van der Waals surface area contributed by atoms with Gasteiger partial charge in [0.2, 0.25) is 10.0 Å². The Morgan fingerprint density at radius 3 is 2.83 bits per heavy atom. The van der Waals surface area contributed by atoms with E-state index in [1.54, 1.807) is 41.1 Å². The van der Waals surface area contributed by atoms with E-state index in [1.165, 1.54) is 12.1 Å². The summed E-state index contributed by atoms with van der Waals surface area (Å²) in [6.07, 6.45) is 5.63. The molecule has 0 amide bonds. The van der Waals surface area contributed by atoms with Crippen LogP contribution in [0.2, 0.25) is 5.02 Å². The molecule has 10 heteroatoms. The molecular weight excluding hydrogens is 424 g/mol. The van der Waals surface area contributed by atoms with Crippen molar-refractivity contribution < 1.29 is 21.9 Å². The lowest BCUT2D eigenvalue weighted by molar-refractivity contribution is -0.0498. The molecule has 0 bridgehead atoms. The third-order valence-corrected chi connectivity index (χ3v) is 6.31. The number of imidazole rings is 1. The Morgan fingerprint density at radius 1 is 1.21 bits per heavy atom. The number of pyridine rings is 1. The zero-order valence-electron chi connectivity index (χ0n) is 15.0. The molecule has 1 N–H and O–H groups in total. The second-order valence-electron chi connectivity index (χ2n) is 6.52. The van der Waals surface area contributed by atoms with Gasteiger partial charge < -0.3 is 9.14 Å². The second-order valence-corrected chi connectivity index (χ2v) is 8.78. The molecule has 29 heavy (non-hydrogen) atoms. The quantitative estimate of drug-likeness (QED) is 0.630. The number of hydrogen-bond donors (Lipinski definition) is 1. The summed E-state index contributed by atoms with van der Waals surface area (Å²) in [4.78, 5) is 4.59. The maximum absolute atomic E-state index is 12.7. The van der Waals surface area contributed by atoms with Crippen LogP contribution in [-0.4, -0.2) is 24.4 Å². The minimum atomic E-state index is -3.71. The normalized spacial score (nSPS) is 14.1. The van der Waals surface area contributed by atoms with Gasteiger partial charge in [-0.1, -0.05) is 17.7 Å². The Hall–Kier alpha value is -2.49. The molecule has 0 saturated heterocycles. The van der Waals surface area contributed by atoms with E-state index in [9.17, 15) is 17.2 Å². The van der Waals surface area contributed by atoms with Crippen molar-refractivity contribution in [3.63, 3.8) is 0 Å². The molecule has 0 unspecified atom stereocenters. The summed E-state index contributed by atoms with van der Waals surface area (Å²) in [5.74, 6) is 0.0588. The fourth-order valence-electron chi connectivity index (χ4n) is 3.20. The molecule has 1 aromatic carbocycles. The average molecular weight is 440 g/mol. The third-order valence-electron chi connectivity index (χ3n) is 4.55. The minimum Gasteiger partial charge on any atom is -0.435 e. The molecular formula is C19H16ClF2N3O3S. The first-order valence-electron chi connectivity index (χ1n) is 8.71. The zero-order valence-corrected chi connectivity index (χ0v) is 16.6. The van der Waals surface area contributed by atoms with Gasteiger partial charge in [-0.25, -0.2) is 18.1 Å². The number of hydrogen-bond acceptors (Lipinski definition) is 4. The number of aryl methyl sites for hydroxylation is 1. The Morgan fingerprint density at radius 2 is 2.03 bits per heavy atom. The number of benzene rings is 1. The molecule has 1 aliphatic carbocycles. The molecule has 0 atom stereocenters. The molecule has 0 fully saturated rings. The topological polar surface area (TPSA) is 72.7 Å². The van der Waals surface area contributed by atoms with E-state index in [-0.39, 0.29) is 23.6 Å². The van der Waals surface area contributed by atoms with Crippen LogP contribution in [0.25, 0.3) is 11.7 Å². The van der Waals surface area contributed by atoms with Crippen LogP contribution in [0.1, 0.15) is 23.2 Å². The Balaban J connectivity index is 1.50. The number of alkyl halides is 2. The van der Waals surface area contributed by atoms with Crippen LogP contribution in [0, 0.1) is 0 Å². The predicted molar refractivity (Wildman–Crippen MR) is 105 cm³/mol. The summed E-state index contributed by atoms with van der Waals surface area (Å²) in [6.45, 7) is -2.87. The minimum absolute atomic E-state index is 0.0347. The number of nitrogens with one attached hydrogen (secondary N) is 1. The van der Waals surface area contributed by atoms with Crippen LogP contribution in [0.5, 0.6) is 5.75 Å². The van der Waals surface area contributed by atoms with Crippen molar-refractivity contribution in [1.29, 1.82) is 0 Å². The van der Waals surface area contributed by atoms with Gasteiger partial charge in [-0.3, -0.25) is 0 Å². The highest BCUT2D eigenvalue weighted by Gasteiger charge is 2.22. The SMILES string of the molecule is O=S(=O)(NCc1cn2cc(Cl)ccc2n1)C1=Cc2ccc(OC(F)F)cc2CC1. The van der Waals surface area contributed by atoms with Crippen LogP contribution in [0.4, 0.5) is 8.78 Å². The number of sulfonamides is 1. The van der Waals surface area contributed by atoms with Crippen molar-refractivity contribution in [2.75, 3.05) is 0 Å². The summed E-state index contributed by atoms with van der Waals surface area (Å²) in [5, 5.41) is 0.551. The number of fused-ring (bicyclic) bond motifs is 2. The highest BCUT2D eigenvalue weighted by atomic mass is 35.5. The van der Waals surface area contributed by atoms with E-state index in [0.29, 0.717) is 28.3 Å². The van der Waals surface area contributed by atoms with E-state index in [4.69, 9.17) is 11.6 Å². The van der Waals surface area contributed by atoms with Crippen LogP contribution in [-0.2, 0) is 23.0 Å². The van der Waals surface area contributed by atoms with Gasteiger partial charge in [-0.2, -0.15) is 8.78 Å². The molecule has 4 rings (SSSR count). The molecule has 0 spiro atoms. The van der Waals surface area contributed by atoms with Crippen LogP contribution < -0.4 is 9.46 Å². The zero-order chi connectivity index (χ0) is 20.6. The maximum Gasteiger partial charge on any atom is 0.387 e. The summed E-state index contributed by atoms with van der Waals surface area (Å²) in [6, 6.07) is 7.93. The monoisotopic (exact) mass is 439 g/mol. The summed E-state index contributed by atoms with van der Waals surface area (Å²) in [5.41, 5.74) is 2.65. The lowest BCUT2D eigenvalue weighted by atomic mass is 9.97. The fraction of sp³-hybridized carbons (Fsp3) is 0.211. The number of nitrogens with zero attached hydrogens (tertiary/aromatic N) is 2. The Bertz CT molecular complexity index is 1210. The molecule has 2 aromatic heterocycles. The number of halogens is 3. The standard InChI is InChI=1S/C19H16ClF2N3O3S/c20-14-3-6-18-24-15(11-25(18)10-14)9-23-29(26,27)17-5-2-12-7-16(28-19(21)22)4-1-13(12)8-17/h1,3-4,6-8,10-11,19,23H,2,5,9H2. The van der Waals surface area contributed by atoms with Gasteiger partial charge >= 0.3 is 6.61 Å². The van der Waals surface area contributed by atoms with Gasteiger partial charge in [0.1, 0.15) is 11.4 Å². The van der Waals surface area contributed by atoms with Gasteiger partial charge in [-0.05, 0) is 54.3 Å². The van der Waals surface area contributed by atoms with Crippen LogP contribution in [0.3, 0.4) is 0 Å². The fourth-order valence-corrected chi connectivity index (χ4v) is 4.54. The molecule has 3 aromatic rings. The predicted octanol–water partition coefficient (Wildman–Crippen LogP) is 4.00. The first-order chi connectivity index (χ1) is 13.8. The van der Waals surface area contributed by atoms with Gasteiger partial charge in [0.25, 0.3) is 0 Å². The molecule has 1 aliphatic rings. The molecule has 0 aliphatic heterocycles. The van der Waals surface area contributed by atoms with Gasteiger partial charge in [0, 0.05) is 12.4 Å². The highest BCUT2D eigenvalue weighted by Crippen LogP contribution is 2.30. The molecule has 0 radical (unpaired) electrons. The summed E-state index contributed by atoms with van der Waals surface area (Å²) < 4.78 is 58.8. The van der Waals surface area contributed by atoms with Crippen molar-refractivity contribution in [1.82, 2.24) is 14.1 Å². The summed E-state index contributed by atoms with van der Waals surface area (Å²) in [7, 11) is -3.71. The third kappa shape index (κ3) is 4.42. The van der Waals surface area contributed by atoms with Crippen molar-refractivity contribution in [3.8, 4) is 5.75 Å². The van der Waals surface area contributed by atoms with Crippen molar-refractivity contribution in [2.45, 2.75) is 26.0 Å². The summed E-state index contributed by atoms with van der Waals surface area (Å²) >= 11 is 5.94. The van der Waals surface area contributed by atoms with E-state index >= 15 is 0 Å². The van der Waals surface area contributed by atoms with E-state index in [2.05, 4.69) is 14.4 Å². The number of allylic oxidation sites excluding steroid dienone is 1. The first-order valence-corrected chi connectivity index (χ1v) is 10.6. The first kappa shape index (κ1) is 19.8. The smallest absolute Gasteiger partial charge is 0.387 e. The van der Waals surface area contributed by atoms with Gasteiger partial charge in [0.05, 0.1) is 22.2 Å². The highest BCUT2D eigenvalue weighted by molar-refractivity contribution is 7.93. The van der Waals surface area contributed by atoms with Crippen molar-refractivity contribution >= 4 is 33.3 Å². The van der Waals surface area contributed by atoms with E-state index in [0.717, 1.165) is 5.56 Å². The molecule has 152 valence electrons. The Kier molecular flexibility index (Phi) is 5.28. The lowest BCUT2D eigenvalue weighted by Crippen LogP contribution is -2.26. The van der Waals surface area contributed by atoms with Crippen molar-refractivity contribution in [3.05, 3.63) is 69.5 Å². The maximum atomic E-state index is 12.7. The average Bonchev–Trinajstić information content (AvgIpc) is 3.07. The number of aromatic nitrogens is 2. The van der Waals surface area contributed by atoms with Crippen molar-refractivity contribution in [2.24, 2.45) is 0 Å². The van der Waals surface area contributed by atoms with Crippen LogP contribution in [0.15, 0.2) is 47.6 Å². The number of ether oxygens (including phenoxy) is 1. The van der Waals surface area contributed by atoms with Crippen LogP contribution >= 0.6 is 11.6 Å². The molecule has 2 heterocycles. The molecule has 0 saturated carbocycles. The largest absolute Gasteiger partial charge is 0.435 e. The lowest BCUT2D eigenvalue weighted by Gasteiger charge is -2.18. The van der Waals surface area contributed by atoms with E-state index in [1.807, 2.05) is 0 Å². The van der Waals surface area contributed by atoms with Gasteiger partial charge in [0.15, 0.2) is 0 Å². The van der Waals surface area contributed by atoms with E-state index < -0.39 is 16.6 Å². The Labute approximate surface area is 170 Å².